The predicted molar refractivity (Wildman–Crippen MR) is 66.1 cm³/mol. The molecule has 0 amide bonds. The first kappa shape index (κ1) is 18.4. The summed E-state index contributed by atoms with van der Waals surface area (Å²) >= 11 is 0. The molecule has 0 saturated heterocycles. The molecule has 0 radical (unpaired) electrons. The first-order chi connectivity index (χ1) is 9.35. The van der Waals surface area contributed by atoms with Crippen molar-refractivity contribution in [3.05, 3.63) is 12.3 Å². The van der Waals surface area contributed by atoms with E-state index in [-0.39, 0.29) is 19.8 Å². The van der Waals surface area contributed by atoms with E-state index in [9.17, 15) is 19.8 Å². The molecule has 0 aliphatic heterocycles. The third kappa shape index (κ3) is 4.19. The van der Waals surface area contributed by atoms with E-state index >= 15 is 0 Å². The van der Waals surface area contributed by atoms with Crippen molar-refractivity contribution in [2.75, 3.05) is 19.8 Å². The molecular formula is C12H20O8. The highest BCUT2D eigenvalue weighted by Crippen LogP contribution is 2.24. The molecule has 2 N–H and O–H groups in total. The van der Waals surface area contributed by atoms with Gasteiger partial charge in [-0.1, -0.05) is 6.58 Å². The van der Waals surface area contributed by atoms with E-state index in [4.69, 9.17) is 0 Å². The number of hydrogen-bond acceptors (Lipinski definition) is 8. The van der Waals surface area contributed by atoms with Gasteiger partial charge in [0, 0.05) is 0 Å². The normalized spacial score (nSPS) is 14.8. The first-order valence-electron chi connectivity index (χ1n) is 6.09. The van der Waals surface area contributed by atoms with Gasteiger partial charge in [-0.15, -0.1) is 0 Å². The molecule has 0 aromatic rings. The van der Waals surface area contributed by atoms with Crippen molar-refractivity contribution in [3.63, 3.8) is 0 Å². The number of aliphatic hydroxyl groups excluding tert-OH is 1. The molecule has 0 aliphatic rings. The molecule has 0 heterocycles. The molecule has 0 fully saturated rings. The first-order valence-corrected chi connectivity index (χ1v) is 6.09. The van der Waals surface area contributed by atoms with Gasteiger partial charge in [-0.25, -0.2) is 9.59 Å². The summed E-state index contributed by atoms with van der Waals surface area (Å²) in [4.78, 5) is 32.4. The number of esters is 2. The minimum Gasteiger partial charge on any atom is -0.464 e. The smallest absolute Gasteiger partial charge is 0.349 e. The van der Waals surface area contributed by atoms with Crippen LogP contribution in [0.5, 0.6) is 0 Å². The SMILES string of the molecule is C=C(OOCC)[C@](O)(C(=O)OCC)[C@H](O)C(=O)OCC. The quantitative estimate of drug-likeness (QED) is 0.257. The van der Waals surface area contributed by atoms with Crippen LogP contribution in [0.3, 0.4) is 0 Å². The Bertz CT molecular complexity index is 353. The Balaban J connectivity index is 5.28. The Morgan fingerprint density at radius 3 is 2.15 bits per heavy atom. The minimum atomic E-state index is -2.82. The maximum absolute atomic E-state index is 11.8. The average molecular weight is 292 g/mol. The zero-order chi connectivity index (χ0) is 15.8. The predicted octanol–water partition coefficient (Wildman–Crippen LogP) is -0.314. The monoisotopic (exact) mass is 292 g/mol. The second-order valence-corrected chi connectivity index (χ2v) is 3.55. The molecule has 0 spiro atoms. The van der Waals surface area contributed by atoms with Crippen LogP contribution < -0.4 is 0 Å². The van der Waals surface area contributed by atoms with E-state index in [0.717, 1.165) is 0 Å². The Labute approximate surface area is 116 Å². The molecule has 0 aliphatic carbocycles. The highest BCUT2D eigenvalue weighted by atomic mass is 17.2. The molecule has 0 saturated carbocycles. The molecule has 0 bridgehead atoms. The van der Waals surface area contributed by atoms with Crippen molar-refractivity contribution >= 4 is 11.9 Å². The fraction of sp³-hybridized carbons (Fsp3) is 0.667. The van der Waals surface area contributed by atoms with E-state index in [1.807, 2.05) is 0 Å². The summed E-state index contributed by atoms with van der Waals surface area (Å²) in [6.07, 6.45) is -2.26. The summed E-state index contributed by atoms with van der Waals surface area (Å²) in [5.41, 5.74) is -2.82. The topological polar surface area (TPSA) is 112 Å². The van der Waals surface area contributed by atoms with Crippen molar-refractivity contribution in [1.29, 1.82) is 0 Å². The summed E-state index contributed by atoms with van der Waals surface area (Å²) in [6.45, 7) is 7.79. The Hall–Kier alpha value is -1.64. The molecule has 8 heteroatoms. The van der Waals surface area contributed by atoms with Crippen LogP contribution >= 0.6 is 0 Å². The lowest BCUT2D eigenvalue weighted by atomic mass is 9.94. The summed E-state index contributed by atoms with van der Waals surface area (Å²) in [5, 5.41) is 20.1. The van der Waals surface area contributed by atoms with E-state index in [2.05, 4.69) is 25.8 Å². The summed E-state index contributed by atoms with van der Waals surface area (Å²) in [5.74, 6) is -3.20. The van der Waals surface area contributed by atoms with Crippen molar-refractivity contribution in [3.8, 4) is 0 Å². The number of ether oxygens (including phenoxy) is 2. The lowest BCUT2D eigenvalue weighted by Crippen LogP contribution is -2.56. The zero-order valence-electron chi connectivity index (χ0n) is 11.7. The van der Waals surface area contributed by atoms with E-state index in [1.165, 1.54) is 13.8 Å². The molecule has 8 nitrogen and oxygen atoms in total. The maximum Gasteiger partial charge on any atom is 0.349 e. The van der Waals surface area contributed by atoms with Gasteiger partial charge in [0.2, 0.25) is 0 Å². The van der Waals surface area contributed by atoms with Gasteiger partial charge in [-0.2, -0.15) is 4.89 Å². The van der Waals surface area contributed by atoms with Gasteiger partial charge in [0.15, 0.2) is 11.9 Å². The van der Waals surface area contributed by atoms with Crippen molar-refractivity contribution < 1.29 is 39.1 Å². The molecular weight excluding hydrogens is 272 g/mol. The van der Waals surface area contributed by atoms with E-state index < -0.39 is 29.4 Å². The van der Waals surface area contributed by atoms with Crippen molar-refractivity contribution in [2.24, 2.45) is 0 Å². The molecule has 0 aromatic heterocycles. The van der Waals surface area contributed by atoms with Gasteiger partial charge in [0.1, 0.15) is 0 Å². The summed E-state index contributed by atoms with van der Waals surface area (Å²) in [7, 11) is 0. The van der Waals surface area contributed by atoms with Gasteiger partial charge in [-0.05, 0) is 20.8 Å². The number of hydrogen-bond donors (Lipinski definition) is 2. The van der Waals surface area contributed by atoms with Crippen LogP contribution in [0.1, 0.15) is 20.8 Å². The second-order valence-electron chi connectivity index (χ2n) is 3.55. The lowest BCUT2D eigenvalue weighted by Gasteiger charge is -2.29. The molecule has 0 rings (SSSR count). The third-order valence-corrected chi connectivity index (χ3v) is 2.19. The fourth-order valence-electron chi connectivity index (χ4n) is 1.20. The number of carbonyl (C=O) groups is 2. The fourth-order valence-corrected chi connectivity index (χ4v) is 1.20. The standard InChI is InChI=1S/C12H20O8/c1-5-17-10(14)9(13)12(16,11(15)18-6-2)8(4)20-19-7-3/h9,13,16H,4-7H2,1-3H3/t9-,12-/m1/s1. The maximum atomic E-state index is 11.8. The number of carbonyl (C=O) groups excluding carboxylic acids is 2. The van der Waals surface area contributed by atoms with Gasteiger partial charge in [0.25, 0.3) is 5.60 Å². The summed E-state index contributed by atoms with van der Waals surface area (Å²) < 4.78 is 9.14. The van der Waals surface area contributed by atoms with Gasteiger partial charge >= 0.3 is 11.9 Å². The molecule has 0 aromatic carbocycles. The van der Waals surface area contributed by atoms with Crippen LogP contribution in [0, 0.1) is 0 Å². The van der Waals surface area contributed by atoms with Crippen molar-refractivity contribution in [1.82, 2.24) is 0 Å². The number of aliphatic hydroxyl groups is 2. The molecule has 0 unspecified atom stereocenters. The van der Waals surface area contributed by atoms with Crippen LogP contribution in [0.4, 0.5) is 0 Å². The number of rotatable bonds is 9. The van der Waals surface area contributed by atoms with Crippen LogP contribution in [0.2, 0.25) is 0 Å². The highest BCUT2D eigenvalue weighted by molar-refractivity contribution is 5.91. The third-order valence-electron chi connectivity index (χ3n) is 2.19. The lowest BCUT2D eigenvalue weighted by molar-refractivity contribution is -0.281. The largest absolute Gasteiger partial charge is 0.464 e. The second kappa shape index (κ2) is 8.51. The molecule has 2 atom stereocenters. The van der Waals surface area contributed by atoms with Crippen molar-refractivity contribution in [2.45, 2.75) is 32.5 Å². The summed E-state index contributed by atoms with van der Waals surface area (Å²) in [6, 6.07) is 0. The van der Waals surface area contributed by atoms with Crippen LogP contribution in [-0.2, 0) is 28.8 Å². The van der Waals surface area contributed by atoms with Gasteiger partial charge in [0.05, 0.1) is 19.8 Å². The van der Waals surface area contributed by atoms with Gasteiger partial charge < -0.3 is 24.6 Å². The Kier molecular flexibility index (Phi) is 7.82. The average Bonchev–Trinajstić information content (AvgIpc) is 2.43. The van der Waals surface area contributed by atoms with Crippen LogP contribution in [0.15, 0.2) is 12.3 Å². The zero-order valence-corrected chi connectivity index (χ0v) is 11.7. The van der Waals surface area contributed by atoms with E-state index in [0.29, 0.717) is 0 Å². The van der Waals surface area contributed by atoms with Crippen LogP contribution in [0.25, 0.3) is 0 Å². The Morgan fingerprint density at radius 2 is 1.70 bits per heavy atom. The minimum absolute atomic E-state index is 0.0480. The van der Waals surface area contributed by atoms with E-state index in [1.54, 1.807) is 6.92 Å². The van der Waals surface area contributed by atoms with Crippen LogP contribution in [-0.4, -0.2) is 53.7 Å². The Morgan fingerprint density at radius 1 is 1.15 bits per heavy atom. The highest BCUT2D eigenvalue weighted by Gasteiger charge is 2.54. The molecule has 20 heavy (non-hydrogen) atoms. The molecule has 116 valence electrons. The van der Waals surface area contributed by atoms with Gasteiger partial charge in [-0.3, -0.25) is 0 Å².